The van der Waals surface area contributed by atoms with Gasteiger partial charge in [0, 0.05) is 61.6 Å². The van der Waals surface area contributed by atoms with Crippen LogP contribution in [-0.4, -0.2) is 77.7 Å². The van der Waals surface area contributed by atoms with Crippen LogP contribution >= 0.6 is 11.6 Å². The van der Waals surface area contributed by atoms with Crippen LogP contribution in [0.15, 0.2) is 23.3 Å². The monoisotopic (exact) mass is 507 g/mol. The number of alkyl halides is 1. The van der Waals surface area contributed by atoms with Crippen molar-refractivity contribution in [1.29, 1.82) is 0 Å². The maximum Gasteiger partial charge on any atom is 0.245 e. The Morgan fingerprint density at radius 2 is 2.06 bits per heavy atom. The highest BCUT2D eigenvalue weighted by molar-refractivity contribution is 6.27. The molecule has 1 saturated carbocycles. The van der Waals surface area contributed by atoms with Crippen molar-refractivity contribution in [2.75, 3.05) is 38.6 Å². The maximum atomic E-state index is 14.5. The fourth-order valence-corrected chi connectivity index (χ4v) is 6.98. The molecule has 0 aromatic carbocycles. The summed E-state index contributed by atoms with van der Waals surface area (Å²) in [7, 11) is 0. The number of nitrogens with zero attached hydrogens (tertiary/aromatic N) is 2. The number of fused-ring (bicyclic) bond motifs is 1. The average Bonchev–Trinajstić information content (AvgIpc) is 3.03. The Hall–Kier alpha value is -2.13. The number of carbonyl (C=O) groups is 3. The number of hydrogen-bond donors (Lipinski definition) is 3. The van der Waals surface area contributed by atoms with E-state index in [2.05, 4.69) is 20.9 Å². The van der Waals surface area contributed by atoms with Crippen molar-refractivity contribution in [3.05, 3.63) is 23.3 Å². The molecule has 35 heavy (non-hydrogen) atoms. The topological polar surface area (TPSA) is 93.8 Å². The number of halogens is 2. The highest BCUT2D eigenvalue weighted by atomic mass is 35.5. The number of rotatable bonds is 6. The normalized spacial score (nSPS) is 32.4. The van der Waals surface area contributed by atoms with E-state index in [1.807, 2.05) is 13.8 Å². The molecule has 3 aliphatic heterocycles. The lowest BCUT2D eigenvalue weighted by Crippen LogP contribution is -2.66. The van der Waals surface area contributed by atoms with Crippen LogP contribution in [0.1, 0.15) is 46.0 Å². The summed E-state index contributed by atoms with van der Waals surface area (Å²) in [6, 6.07) is -0.0432. The van der Waals surface area contributed by atoms with Gasteiger partial charge in [0.15, 0.2) is 0 Å². The van der Waals surface area contributed by atoms with Gasteiger partial charge in [-0.1, -0.05) is 0 Å². The third kappa shape index (κ3) is 4.14. The summed E-state index contributed by atoms with van der Waals surface area (Å²) in [5.74, 6) is -0.614. The molecule has 0 aromatic rings. The van der Waals surface area contributed by atoms with Gasteiger partial charge in [0.1, 0.15) is 17.2 Å². The minimum Gasteiger partial charge on any atom is -0.384 e. The van der Waals surface area contributed by atoms with E-state index in [4.69, 9.17) is 11.6 Å². The minimum atomic E-state index is -0.865. The molecule has 4 fully saturated rings. The Balaban J connectivity index is 1.20. The van der Waals surface area contributed by atoms with Crippen LogP contribution in [0.2, 0.25) is 0 Å². The SMILES string of the molecule is CCNC1=C2NC(=O)C(C)(N3CCC[C@@H](NC(=O)C4CC5(C4)CN(C(=O)CCl)C5)C3)C2CC(F)=C1. The van der Waals surface area contributed by atoms with Gasteiger partial charge in [0.05, 0.1) is 5.70 Å². The van der Waals surface area contributed by atoms with Crippen molar-refractivity contribution in [2.24, 2.45) is 17.3 Å². The molecule has 2 unspecified atom stereocenters. The number of nitrogens with one attached hydrogen (secondary N) is 3. The lowest BCUT2D eigenvalue weighted by molar-refractivity contribution is -0.158. The summed E-state index contributed by atoms with van der Waals surface area (Å²) in [6.07, 6.45) is 5.01. The summed E-state index contributed by atoms with van der Waals surface area (Å²) in [5, 5.41) is 9.43. The highest BCUT2D eigenvalue weighted by Crippen LogP contribution is 2.52. The van der Waals surface area contributed by atoms with Crippen LogP contribution in [-0.2, 0) is 14.4 Å². The van der Waals surface area contributed by atoms with Crippen molar-refractivity contribution in [2.45, 2.75) is 57.5 Å². The molecule has 1 spiro atoms. The molecule has 5 rings (SSSR count). The van der Waals surface area contributed by atoms with Gasteiger partial charge in [-0.2, -0.15) is 0 Å². The minimum absolute atomic E-state index is 0.00656. The standard InChI is InChI=1S/C25H35ClFN5O3/c1-3-28-19-8-16(27)7-18-21(19)30-23(35)24(18,2)32-6-4-5-17(12-32)29-22(34)15-9-25(10-15)13-31(14-25)20(33)11-26/h8,15,17-18,28H,3-7,9-14H2,1-2H3,(H,29,34)(H,30,35)/t17-,18?,24?/m1/s1. The molecule has 3 heterocycles. The zero-order valence-corrected chi connectivity index (χ0v) is 21.2. The van der Waals surface area contributed by atoms with Crippen LogP contribution in [0, 0.1) is 17.3 Å². The summed E-state index contributed by atoms with van der Waals surface area (Å²) in [4.78, 5) is 41.8. The third-order valence-corrected chi connectivity index (χ3v) is 8.99. The van der Waals surface area contributed by atoms with Gasteiger partial charge in [-0.25, -0.2) is 4.39 Å². The molecule has 3 saturated heterocycles. The number of carbonyl (C=O) groups excluding carboxylic acids is 3. The molecule has 0 radical (unpaired) electrons. The molecule has 192 valence electrons. The molecule has 5 aliphatic rings. The molecular formula is C25H35ClFN5O3. The Kier molecular flexibility index (Phi) is 6.36. The first-order valence-corrected chi connectivity index (χ1v) is 13.3. The smallest absolute Gasteiger partial charge is 0.245 e. The predicted molar refractivity (Wildman–Crippen MR) is 130 cm³/mol. The number of likely N-dealkylation sites (N-methyl/N-ethyl adjacent to an activating group) is 1. The van der Waals surface area contributed by atoms with Gasteiger partial charge >= 0.3 is 0 Å². The Labute approximate surface area is 210 Å². The van der Waals surface area contributed by atoms with Crippen LogP contribution in [0.25, 0.3) is 0 Å². The molecule has 8 nitrogen and oxygen atoms in total. The van der Waals surface area contributed by atoms with Crippen LogP contribution < -0.4 is 16.0 Å². The lowest BCUT2D eigenvalue weighted by atomic mass is 9.57. The summed E-state index contributed by atoms with van der Waals surface area (Å²) in [6.45, 7) is 7.20. The Morgan fingerprint density at radius 3 is 2.74 bits per heavy atom. The van der Waals surface area contributed by atoms with E-state index in [9.17, 15) is 18.8 Å². The average molecular weight is 508 g/mol. The van der Waals surface area contributed by atoms with Crippen molar-refractivity contribution in [1.82, 2.24) is 25.8 Å². The number of hydrogen-bond acceptors (Lipinski definition) is 5. The van der Waals surface area contributed by atoms with Crippen molar-refractivity contribution in [3.8, 4) is 0 Å². The van der Waals surface area contributed by atoms with Gasteiger partial charge in [-0.05, 0) is 52.2 Å². The van der Waals surface area contributed by atoms with E-state index >= 15 is 0 Å². The van der Waals surface area contributed by atoms with Crippen LogP contribution in [0.3, 0.4) is 0 Å². The molecule has 3 amide bonds. The molecule has 2 aliphatic carbocycles. The van der Waals surface area contributed by atoms with Crippen molar-refractivity contribution >= 4 is 29.3 Å². The third-order valence-electron chi connectivity index (χ3n) is 8.77. The summed E-state index contributed by atoms with van der Waals surface area (Å²) < 4.78 is 14.5. The van der Waals surface area contributed by atoms with E-state index in [1.54, 1.807) is 4.90 Å². The maximum absolute atomic E-state index is 14.5. The Bertz CT molecular complexity index is 986. The molecular weight excluding hydrogens is 473 g/mol. The quantitative estimate of drug-likeness (QED) is 0.475. The highest BCUT2D eigenvalue weighted by Gasteiger charge is 2.57. The predicted octanol–water partition coefficient (Wildman–Crippen LogP) is 1.63. The second-order valence-electron chi connectivity index (χ2n) is 11.1. The first kappa shape index (κ1) is 24.6. The van der Waals surface area contributed by atoms with Gasteiger partial charge < -0.3 is 20.9 Å². The van der Waals surface area contributed by atoms with Crippen LogP contribution in [0.4, 0.5) is 4.39 Å². The number of piperidine rings is 1. The first-order chi connectivity index (χ1) is 16.7. The zero-order chi connectivity index (χ0) is 25.0. The number of allylic oxidation sites excluding steroid dienone is 2. The second kappa shape index (κ2) is 9.07. The van der Waals surface area contributed by atoms with Gasteiger partial charge in [-0.3, -0.25) is 19.3 Å². The number of likely N-dealkylation sites (tertiary alicyclic amines) is 2. The van der Waals surface area contributed by atoms with Gasteiger partial charge in [0.2, 0.25) is 17.7 Å². The van der Waals surface area contributed by atoms with Gasteiger partial charge in [0.25, 0.3) is 0 Å². The van der Waals surface area contributed by atoms with E-state index in [0.29, 0.717) is 31.9 Å². The van der Waals surface area contributed by atoms with E-state index in [1.165, 1.54) is 6.08 Å². The summed E-state index contributed by atoms with van der Waals surface area (Å²) >= 11 is 5.63. The fraction of sp³-hybridized carbons (Fsp3) is 0.720. The molecule has 3 N–H and O–H groups in total. The van der Waals surface area contributed by atoms with Crippen molar-refractivity contribution < 1.29 is 18.8 Å². The van der Waals surface area contributed by atoms with E-state index in [-0.39, 0.29) is 59.1 Å². The first-order valence-electron chi connectivity index (χ1n) is 12.7. The number of amides is 3. The van der Waals surface area contributed by atoms with Gasteiger partial charge in [-0.15, -0.1) is 11.6 Å². The fourth-order valence-electron chi connectivity index (χ4n) is 6.81. The molecule has 3 atom stereocenters. The summed E-state index contributed by atoms with van der Waals surface area (Å²) in [5.41, 5.74) is 0.648. The largest absolute Gasteiger partial charge is 0.384 e. The van der Waals surface area contributed by atoms with Crippen LogP contribution in [0.5, 0.6) is 0 Å². The van der Waals surface area contributed by atoms with E-state index in [0.717, 1.165) is 37.9 Å². The molecule has 0 aromatic heterocycles. The van der Waals surface area contributed by atoms with Crippen molar-refractivity contribution in [3.63, 3.8) is 0 Å². The molecule has 10 heteroatoms. The lowest BCUT2D eigenvalue weighted by Gasteiger charge is -2.58. The second-order valence-corrected chi connectivity index (χ2v) is 11.4. The van der Waals surface area contributed by atoms with E-state index < -0.39 is 5.54 Å². The molecule has 0 bridgehead atoms. The Morgan fingerprint density at radius 1 is 1.31 bits per heavy atom. The zero-order valence-electron chi connectivity index (χ0n) is 20.5.